The van der Waals surface area contributed by atoms with E-state index in [0.29, 0.717) is 54.3 Å². The number of carboxylic acid groups (broad SMARTS) is 1. The monoisotopic (exact) mass is 557 g/mol. The zero-order valence-corrected chi connectivity index (χ0v) is 22.8. The van der Waals surface area contributed by atoms with Gasteiger partial charge in [0.2, 0.25) is 5.91 Å². The lowest BCUT2D eigenvalue weighted by molar-refractivity contribution is -0.123. The van der Waals surface area contributed by atoms with Crippen molar-refractivity contribution < 1.29 is 19.5 Å². The van der Waals surface area contributed by atoms with Crippen molar-refractivity contribution in [2.75, 3.05) is 32.7 Å². The maximum atomic E-state index is 12.9. The number of nitrogens with one attached hydrogen (secondary N) is 1. The maximum absolute atomic E-state index is 12.9. The van der Waals surface area contributed by atoms with Crippen molar-refractivity contribution in [3.8, 4) is 11.1 Å². The molecule has 1 saturated carbocycles. The lowest BCUT2D eigenvalue weighted by Crippen LogP contribution is -2.50. The molecule has 2 aliphatic heterocycles. The van der Waals surface area contributed by atoms with Gasteiger partial charge in [-0.2, -0.15) is 0 Å². The molecule has 9 heteroatoms. The Kier molecular flexibility index (Phi) is 8.15. The maximum Gasteiger partial charge on any atom is 0.407 e. The Labute approximate surface area is 233 Å². The van der Waals surface area contributed by atoms with E-state index in [-0.39, 0.29) is 23.7 Å². The van der Waals surface area contributed by atoms with Gasteiger partial charge in [-0.3, -0.25) is 9.59 Å². The van der Waals surface area contributed by atoms with Gasteiger partial charge in [0, 0.05) is 60.2 Å². The van der Waals surface area contributed by atoms with Gasteiger partial charge in [-0.15, -0.1) is 0 Å². The van der Waals surface area contributed by atoms with E-state index in [0.717, 1.165) is 36.0 Å². The zero-order chi connectivity index (χ0) is 26.8. The van der Waals surface area contributed by atoms with Crippen molar-refractivity contribution in [3.05, 3.63) is 57.6 Å². The Balaban J connectivity index is 1.36. The van der Waals surface area contributed by atoms with Crippen LogP contribution in [-0.2, 0) is 4.79 Å². The average molecular weight is 559 g/mol. The van der Waals surface area contributed by atoms with E-state index in [1.165, 1.54) is 24.2 Å². The summed E-state index contributed by atoms with van der Waals surface area (Å²) >= 11 is 13.8. The van der Waals surface area contributed by atoms with E-state index >= 15 is 0 Å². The van der Waals surface area contributed by atoms with Crippen LogP contribution in [0.15, 0.2) is 36.4 Å². The van der Waals surface area contributed by atoms with E-state index < -0.39 is 6.09 Å². The summed E-state index contributed by atoms with van der Waals surface area (Å²) < 4.78 is 0. The number of hydrogen-bond acceptors (Lipinski definition) is 3. The van der Waals surface area contributed by atoms with E-state index in [4.69, 9.17) is 28.3 Å². The fourth-order valence-electron chi connectivity index (χ4n) is 6.37. The quantitative estimate of drug-likeness (QED) is 0.479. The molecule has 0 spiro atoms. The SMILES string of the molecule is O=C1NCCC1C(c1c(Cl)cc(-c2ccc(C(=O)N3CCN(C(=O)O)CC3)cc2)cc1Cl)C1CCCCC1. The molecule has 7 nitrogen and oxygen atoms in total. The summed E-state index contributed by atoms with van der Waals surface area (Å²) in [6, 6.07) is 11.2. The summed E-state index contributed by atoms with van der Waals surface area (Å²) in [5.41, 5.74) is 3.19. The van der Waals surface area contributed by atoms with Gasteiger partial charge < -0.3 is 20.2 Å². The largest absolute Gasteiger partial charge is 0.465 e. The molecular weight excluding hydrogens is 525 g/mol. The average Bonchev–Trinajstić information content (AvgIpc) is 3.36. The van der Waals surface area contributed by atoms with E-state index in [1.807, 2.05) is 24.3 Å². The molecular formula is C29H33Cl2N3O4. The zero-order valence-electron chi connectivity index (χ0n) is 21.3. The normalized spacial score (nSPS) is 21.3. The van der Waals surface area contributed by atoms with Gasteiger partial charge in [0.05, 0.1) is 0 Å². The second kappa shape index (κ2) is 11.5. The minimum Gasteiger partial charge on any atom is -0.465 e. The summed E-state index contributed by atoms with van der Waals surface area (Å²) in [4.78, 5) is 39.8. The molecule has 2 saturated heterocycles. The smallest absolute Gasteiger partial charge is 0.407 e. The first-order valence-corrected chi connectivity index (χ1v) is 14.2. The van der Waals surface area contributed by atoms with Crippen LogP contribution in [-0.4, -0.2) is 65.5 Å². The van der Waals surface area contributed by atoms with Crippen LogP contribution in [0.3, 0.4) is 0 Å². The van der Waals surface area contributed by atoms with Gasteiger partial charge in [0.1, 0.15) is 0 Å². The number of nitrogens with zero attached hydrogens (tertiary/aromatic N) is 2. The number of amides is 3. The molecule has 2 aromatic rings. The topological polar surface area (TPSA) is 90.0 Å². The van der Waals surface area contributed by atoms with Gasteiger partial charge in [0.15, 0.2) is 0 Å². The number of halogens is 2. The predicted molar refractivity (Wildman–Crippen MR) is 148 cm³/mol. The molecule has 0 radical (unpaired) electrons. The Morgan fingerprint density at radius 1 is 0.868 bits per heavy atom. The Morgan fingerprint density at radius 2 is 1.47 bits per heavy atom. The van der Waals surface area contributed by atoms with Crippen LogP contribution in [0.25, 0.3) is 11.1 Å². The summed E-state index contributed by atoms with van der Waals surface area (Å²) in [5, 5.41) is 13.3. The Morgan fingerprint density at radius 3 is 2.03 bits per heavy atom. The van der Waals surface area contributed by atoms with Gasteiger partial charge in [-0.1, -0.05) is 54.6 Å². The van der Waals surface area contributed by atoms with Crippen LogP contribution in [0, 0.1) is 11.8 Å². The molecule has 2 heterocycles. The second-order valence-electron chi connectivity index (χ2n) is 10.6. The van der Waals surface area contributed by atoms with Crippen LogP contribution >= 0.6 is 23.2 Å². The van der Waals surface area contributed by atoms with Crippen molar-refractivity contribution in [3.63, 3.8) is 0 Å². The van der Waals surface area contributed by atoms with Gasteiger partial charge >= 0.3 is 6.09 Å². The van der Waals surface area contributed by atoms with Crippen LogP contribution in [0.4, 0.5) is 4.79 Å². The number of carbonyl (C=O) groups excluding carboxylic acids is 2. The molecule has 202 valence electrons. The fraction of sp³-hybridized carbons (Fsp3) is 0.483. The number of piperazine rings is 1. The van der Waals surface area contributed by atoms with Crippen LogP contribution in [0.2, 0.25) is 10.0 Å². The molecule has 3 fully saturated rings. The molecule has 2 unspecified atom stereocenters. The molecule has 2 N–H and O–H groups in total. The first-order chi connectivity index (χ1) is 18.3. The molecule has 5 rings (SSSR count). The van der Waals surface area contributed by atoms with Gasteiger partial charge in [-0.25, -0.2) is 4.79 Å². The standard InChI is InChI=1S/C29H33Cl2N3O4/c30-23-16-21(18-6-8-20(9-7-18)28(36)33-12-14-34(15-13-33)29(37)38)17-24(31)26(23)25(19-4-2-1-3-5-19)22-10-11-32-27(22)35/h6-9,16-17,19,22,25H,1-5,10-15H2,(H,32,35)(H,37,38). The summed E-state index contributed by atoms with van der Waals surface area (Å²) in [6.45, 7) is 2.07. The van der Waals surface area contributed by atoms with Crippen molar-refractivity contribution in [1.82, 2.24) is 15.1 Å². The highest BCUT2D eigenvalue weighted by Crippen LogP contribution is 2.48. The molecule has 1 aliphatic carbocycles. The number of rotatable bonds is 5. The van der Waals surface area contributed by atoms with E-state index in [9.17, 15) is 14.4 Å². The highest BCUT2D eigenvalue weighted by Gasteiger charge is 2.40. The predicted octanol–water partition coefficient (Wildman–Crippen LogP) is 5.90. The van der Waals surface area contributed by atoms with Crippen molar-refractivity contribution in [2.24, 2.45) is 11.8 Å². The Hall–Kier alpha value is -2.77. The third-order valence-electron chi connectivity index (χ3n) is 8.40. The van der Waals surface area contributed by atoms with Crippen LogP contribution < -0.4 is 5.32 Å². The molecule has 0 aromatic heterocycles. The third-order valence-corrected chi connectivity index (χ3v) is 9.02. The highest BCUT2D eigenvalue weighted by atomic mass is 35.5. The van der Waals surface area contributed by atoms with Gasteiger partial charge in [0.25, 0.3) is 5.91 Å². The van der Waals surface area contributed by atoms with Crippen LogP contribution in [0.5, 0.6) is 0 Å². The first-order valence-electron chi connectivity index (χ1n) is 13.5. The molecule has 0 bridgehead atoms. The number of carbonyl (C=O) groups is 3. The van der Waals surface area contributed by atoms with E-state index in [2.05, 4.69) is 5.32 Å². The minimum atomic E-state index is -0.957. The molecule has 2 atom stereocenters. The summed E-state index contributed by atoms with van der Waals surface area (Å²) in [6.07, 6.45) is 5.59. The second-order valence-corrected chi connectivity index (χ2v) is 11.4. The van der Waals surface area contributed by atoms with Crippen molar-refractivity contribution in [2.45, 2.75) is 44.4 Å². The molecule has 3 aliphatic rings. The lowest BCUT2D eigenvalue weighted by atomic mass is 9.70. The number of hydrogen-bond donors (Lipinski definition) is 2. The first kappa shape index (κ1) is 26.8. The highest BCUT2D eigenvalue weighted by molar-refractivity contribution is 6.36. The van der Waals surface area contributed by atoms with Gasteiger partial charge in [-0.05, 0) is 66.1 Å². The van der Waals surface area contributed by atoms with Crippen molar-refractivity contribution in [1.29, 1.82) is 0 Å². The molecule has 3 amide bonds. The fourth-order valence-corrected chi connectivity index (χ4v) is 7.11. The molecule has 2 aromatic carbocycles. The molecule has 38 heavy (non-hydrogen) atoms. The van der Waals surface area contributed by atoms with Crippen LogP contribution in [0.1, 0.15) is 60.4 Å². The minimum absolute atomic E-state index is 0.00782. The third kappa shape index (κ3) is 5.50. The summed E-state index contributed by atoms with van der Waals surface area (Å²) in [5.74, 6) is 0.274. The van der Waals surface area contributed by atoms with E-state index in [1.54, 1.807) is 17.0 Å². The van der Waals surface area contributed by atoms with Crippen molar-refractivity contribution >= 4 is 41.1 Å². The number of benzene rings is 2. The lowest BCUT2D eigenvalue weighted by Gasteiger charge is -2.35. The Bertz CT molecular complexity index is 1180. The summed E-state index contributed by atoms with van der Waals surface area (Å²) in [7, 11) is 0.